The lowest BCUT2D eigenvalue weighted by Crippen LogP contribution is -2.39. The van der Waals surface area contributed by atoms with E-state index in [0.717, 1.165) is 44.1 Å². The number of hydrogen-bond acceptors (Lipinski definition) is 4. The highest BCUT2D eigenvalue weighted by molar-refractivity contribution is 5.78. The minimum atomic E-state index is -0.311. The number of fused-ring (bicyclic) bond motifs is 1. The maximum Gasteiger partial charge on any atom is 0.227 e. The number of benzene rings is 1. The van der Waals surface area contributed by atoms with Crippen molar-refractivity contribution in [2.24, 2.45) is 0 Å². The van der Waals surface area contributed by atoms with Crippen LogP contribution in [0.3, 0.4) is 0 Å². The van der Waals surface area contributed by atoms with E-state index in [4.69, 9.17) is 0 Å². The van der Waals surface area contributed by atoms with Crippen LogP contribution in [0.2, 0.25) is 0 Å². The fourth-order valence-corrected chi connectivity index (χ4v) is 3.72. The lowest BCUT2D eigenvalue weighted by molar-refractivity contribution is -0.131. The van der Waals surface area contributed by atoms with Gasteiger partial charge in [-0.25, -0.2) is 4.39 Å². The Morgan fingerprint density at radius 1 is 1.20 bits per heavy atom. The molecule has 7 heteroatoms. The molecule has 6 nitrogen and oxygen atoms in total. The zero-order valence-electron chi connectivity index (χ0n) is 14.1. The van der Waals surface area contributed by atoms with Gasteiger partial charge in [0.15, 0.2) is 0 Å². The summed E-state index contributed by atoms with van der Waals surface area (Å²) in [6.07, 6.45) is 1.90. The first kappa shape index (κ1) is 16.2. The third-order valence-corrected chi connectivity index (χ3v) is 5.16. The van der Waals surface area contributed by atoms with Crippen LogP contribution in [0.25, 0.3) is 0 Å². The summed E-state index contributed by atoms with van der Waals surface area (Å²) in [5.74, 6) is 2.08. The smallest absolute Gasteiger partial charge is 0.227 e. The maximum absolute atomic E-state index is 13.7. The van der Waals surface area contributed by atoms with Crippen LogP contribution in [0.5, 0.6) is 0 Å². The zero-order chi connectivity index (χ0) is 17.2. The van der Waals surface area contributed by atoms with E-state index in [2.05, 4.69) is 20.1 Å². The molecule has 25 heavy (non-hydrogen) atoms. The number of hydrogen-bond donors (Lipinski definition) is 1. The van der Waals surface area contributed by atoms with Crippen LogP contribution >= 0.6 is 0 Å². The fraction of sp³-hybridized carbons (Fsp3) is 0.500. The number of halogens is 1. The molecular weight excluding hydrogens is 321 g/mol. The molecule has 0 spiro atoms. The normalized spacial score (nSPS) is 18.2. The molecule has 0 unspecified atom stereocenters. The number of likely N-dealkylation sites (tertiary alicyclic amines) is 1. The molecular formula is C18H22FN5O. The molecule has 0 radical (unpaired) electrons. The van der Waals surface area contributed by atoms with E-state index in [1.54, 1.807) is 18.2 Å². The molecule has 0 saturated carbocycles. The van der Waals surface area contributed by atoms with Crippen LogP contribution < -0.4 is 5.32 Å². The van der Waals surface area contributed by atoms with E-state index in [1.165, 1.54) is 6.07 Å². The quantitative estimate of drug-likeness (QED) is 0.917. The lowest BCUT2D eigenvalue weighted by atomic mass is 9.95. The second-order valence-electron chi connectivity index (χ2n) is 6.73. The summed E-state index contributed by atoms with van der Waals surface area (Å²) in [4.78, 5) is 14.3. The van der Waals surface area contributed by atoms with Crippen LogP contribution in [0.4, 0.5) is 4.39 Å². The molecule has 1 aromatic carbocycles. The second-order valence-corrected chi connectivity index (χ2v) is 6.73. The van der Waals surface area contributed by atoms with Crippen LogP contribution in [0, 0.1) is 5.82 Å². The van der Waals surface area contributed by atoms with E-state index in [-0.39, 0.29) is 18.1 Å². The fourth-order valence-electron chi connectivity index (χ4n) is 3.72. The van der Waals surface area contributed by atoms with Crippen molar-refractivity contribution in [1.82, 2.24) is 25.0 Å². The molecule has 1 fully saturated rings. The number of nitrogens with zero attached hydrogens (tertiary/aromatic N) is 4. The third kappa shape index (κ3) is 3.28. The number of nitrogens with one attached hydrogen (secondary N) is 1. The molecule has 1 saturated heterocycles. The molecule has 0 aliphatic carbocycles. The molecule has 0 bridgehead atoms. The van der Waals surface area contributed by atoms with E-state index in [9.17, 15) is 9.18 Å². The third-order valence-electron chi connectivity index (χ3n) is 5.16. The maximum atomic E-state index is 13.7. The summed E-state index contributed by atoms with van der Waals surface area (Å²) in [5, 5.41) is 12.0. The van der Waals surface area contributed by atoms with Crippen molar-refractivity contribution in [3.8, 4) is 0 Å². The number of carbonyl (C=O) groups excluding carboxylic acids is 1. The van der Waals surface area contributed by atoms with Crippen LogP contribution in [0.1, 0.15) is 36.0 Å². The van der Waals surface area contributed by atoms with Crippen molar-refractivity contribution in [2.45, 2.75) is 38.3 Å². The van der Waals surface area contributed by atoms with Gasteiger partial charge in [0.25, 0.3) is 0 Å². The van der Waals surface area contributed by atoms with Crippen LogP contribution in [0.15, 0.2) is 24.3 Å². The van der Waals surface area contributed by atoms with E-state index >= 15 is 0 Å². The second kappa shape index (κ2) is 6.92. The number of amides is 1. The van der Waals surface area contributed by atoms with Gasteiger partial charge in [-0.3, -0.25) is 4.79 Å². The van der Waals surface area contributed by atoms with Gasteiger partial charge in [0, 0.05) is 32.1 Å². The number of rotatable bonds is 3. The SMILES string of the molecule is O=C(Cc1ccccc1F)N1CCC(c2nnc3n2CCNC3)CC1. The standard InChI is InChI=1S/C18H22FN5O/c19-15-4-2-1-3-14(15)11-17(25)23-8-5-13(6-9-23)18-22-21-16-12-20-7-10-24(16)18/h1-4,13,20H,5-12H2. The van der Waals surface area contributed by atoms with Crippen molar-refractivity contribution >= 4 is 5.91 Å². The Hall–Kier alpha value is -2.28. The molecule has 1 amide bonds. The molecule has 0 atom stereocenters. The summed E-state index contributed by atoms with van der Waals surface area (Å²) in [5.41, 5.74) is 0.466. The molecule has 4 rings (SSSR count). The zero-order valence-corrected chi connectivity index (χ0v) is 14.1. The van der Waals surface area contributed by atoms with Crippen LogP contribution in [-0.4, -0.2) is 45.2 Å². The Labute approximate surface area is 146 Å². The Kier molecular flexibility index (Phi) is 4.48. The van der Waals surface area contributed by atoms with Gasteiger partial charge < -0.3 is 14.8 Å². The molecule has 3 heterocycles. The average Bonchev–Trinajstić information content (AvgIpc) is 3.08. The predicted octanol–water partition coefficient (Wildman–Crippen LogP) is 1.47. The van der Waals surface area contributed by atoms with Crippen molar-refractivity contribution in [2.75, 3.05) is 19.6 Å². The molecule has 132 valence electrons. The summed E-state index contributed by atoms with van der Waals surface area (Å²) >= 11 is 0. The average molecular weight is 343 g/mol. The lowest BCUT2D eigenvalue weighted by Gasteiger charge is -2.32. The van der Waals surface area contributed by atoms with Crippen molar-refractivity contribution in [1.29, 1.82) is 0 Å². The largest absolute Gasteiger partial charge is 0.342 e. The molecule has 1 aromatic heterocycles. The van der Waals surface area contributed by atoms with E-state index in [1.807, 2.05) is 4.90 Å². The van der Waals surface area contributed by atoms with Gasteiger partial charge in [-0.05, 0) is 24.5 Å². The summed E-state index contributed by atoms with van der Waals surface area (Å²) < 4.78 is 16.0. The highest BCUT2D eigenvalue weighted by atomic mass is 19.1. The minimum absolute atomic E-state index is 0.00368. The number of carbonyl (C=O) groups is 1. The van der Waals surface area contributed by atoms with Crippen molar-refractivity contribution in [3.05, 3.63) is 47.3 Å². The minimum Gasteiger partial charge on any atom is -0.342 e. The predicted molar refractivity (Wildman–Crippen MR) is 90.4 cm³/mol. The first-order chi connectivity index (χ1) is 12.2. The van der Waals surface area contributed by atoms with Gasteiger partial charge in [0.1, 0.15) is 17.5 Å². The van der Waals surface area contributed by atoms with Gasteiger partial charge in [0.2, 0.25) is 5.91 Å². The van der Waals surface area contributed by atoms with Gasteiger partial charge in [-0.15, -0.1) is 10.2 Å². The van der Waals surface area contributed by atoms with E-state index < -0.39 is 0 Å². The first-order valence-corrected chi connectivity index (χ1v) is 8.86. The highest BCUT2D eigenvalue weighted by Gasteiger charge is 2.28. The molecule has 1 N–H and O–H groups in total. The summed E-state index contributed by atoms with van der Waals surface area (Å²) in [7, 11) is 0. The first-order valence-electron chi connectivity index (χ1n) is 8.86. The molecule has 2 aliphatic heterocycles. The summed E-state index contributed by atoms with van der Waals surface area (Å²) in [6, 6.07) is 6.49. The number of piperidine rings is 1. The highest BCUT2D eigenvalue weighted by Crippen LogP contribution is 2.28. The molecule has 2 aliphatic rings. The van der Waals surface area contributed by atoms with Crippen molar-refractivity contribution < 1.29 is 9.18 Å². The van der Waals surface area contributed by atoms with Crippen LogP contribution in [-0.2, 0) is 24.3 Å². The van der Waals surface area contributed by atoms with Crippen molar-refractivity contribution in [3.63, 3.8) is 0 Å². The number of aromatic nitrogens is 3. The van der Waals surface area contributed by atoms with Gasteiger partial charge >= 0.3 is 0 Å². The Bertz CT molecular complexity index is 767. The Morgan fingerprint density at radius 2 is 2.00 bits per heavy atom. The Morgan fingerprint density at radius 3 is 2.80 bits per heavy atom. The molecule has 2 aromatic rings. The topological polar surface area (TPSA) is 63.1 Å². The summed E-state index contributed by atoms with van der Waals surface area (Å²) in [6.45, 7) is 4.01. The van der Waals surface area contributed by atoms with Gasteiger partial charge in [0.05, 0.1) is 13.0 Å². The van der Waals surface area contributed by atoms with E-state index in [0.29, 0.717) is 24.6 Å². The Balaban J connectivity index is 1.37. The van der Waals surface area contributed by atoms with Gasteiger partial charge in [-0.1, -0.05) is 18.2 Å². The van der Waals surface area contributed by atoms with Gasteiger partial charge in [-0.2, -0.15) is 0 Å². The monoisotopic (exact) mass is 343 g/mol.